The normalized spacial score (nSPS) is 17.8. The molecular formula is C24H26N2O7. The second-order valence-electron chi connectivity index (χ2n) is 8.71. The number of amides is 2. The van der Waals surface area contributed by atoms with Gasteiger partial charge in [0.2, 0.25) is 0 Å². The molecule has 3 N–H and O–H groups in total. The molecule has 0 saturated carbocycles. The van der Waals surface area contributed by atoms with Gasteiger partial charge in [-0.3, -0.25) is 4.79 Å². The summed E-state index contributed by atoms with van der Waals surface area (Å²) in [5, 5.41) is 21.5. The molecule has 1 atom stereocenters. The molecule has 1 saturated heterocycles. The van der Waals surface area contributed by atoms with Crippen molar-refractivity contribution in [1.29, 1.82) is 0 Å². The summed E-state index contributed by atoms with van der Waals surface area (Å²) in [4.78, 5) is 37.9. The number of fused-ring (bicyclic) bond motifs is 3. The lowest BCUT2D eigenvalue weighted by Crippen LogP contribution is -2.72. The van der Waals surface area contributed by atoms with E-state index in [2.05, 4.69) is 5.32 Å². The molecule has 1 unspecified atom stereocenters. The molecule has 9 heteroatoms. The molecule has 2 aromatic rings. The van der Waals surface area contributed by atoms with E-state index in [1.165, 1.54) is 14.0 Å². The predicted molar refractivity (Wildman–Crippen MR) is 118 cm³/mol. The van der Waals surface area contributed by atoms with Crippen LogP contribution in [0.5, 0.6) is 0 Å². The summed E-state index contributed by atoms with van der Waals surface area (Å²) in [5.41, 5.74) is 0.867. The highest BCUT2D eigenvalue weighted by Gasteiger charge is 2.53. The number of hydrogen-bond acceptors (Lipinski definition) is 6. The van der Waals surface area contributed by atoms with E-state index in [1.807, 2.05) is 48.5 Å². The molecule has 0 spiro atoms. The van der Waals surface area contributed by atoms with Crippen molar-refractivity contribution in [2.75, 3.05) is 33.4 Å². The van der Waals surface area contributed by atoms with E-state index >= 15 is 0 Å². The van der Waals surface area contributed by atoms with Crippen molar-refractivity contribution in [1.82, 2.24) is 10.2 Å². The van der Waals surface area contributed by atoms with Crippen molar-refractivity contribution < 1.29 is 34.1 Å². The first-order valence-corrected chi connectivity index (χ1v) is 10.6. The van der Waals surface area contributed by atoms with Crippen LogP contribution in [0.4, 0.5) is 4.79 Å². The van der Waals surface area contributed by atoms with E-state index in [1.54, 1.807) is 0 Å². The zero-order chi connectivity index (χ0) is 23.8. The average molecular weight is 454 g/mol. The van der Waals surface area contributed by atoms with Gasteiger partial charge in [-0.2, -0.15) is 0 Å². The minimum atomic E-state index is -1.98. The van der Waals surface area contributed by atoms with Gasteiger partial charge in [0.15, 0.2) is 5.60 Å². The first-order valence-electron chi connectivity index (χ1n) is 10.6. The van der Waals surface area contributed by atoms with Gasteiger partial charge in [0.1, 0.15) is 12.1 Å². The topological polar surface area (TPSA) is 125 Å². The van der Waals surface area contributed by atoms with Gasteiger partial charge in [0, 0.05) is 13.0 Å². The molecule has 1 aliphatic heterocycles. The summed E-state index contributed by atoms with van der Waals surface area (Å²) in [7, 11) is 1.38. The monoisotopic (exact) mass is 454 g/mol. The number of aliphatic carboxylic acids is 1. The molecule has 33 heavy (non-hydrogen) atoms. The van der Waals surface area contributed by atoms with Crippen LogP contribution in [0.2, 0.25) is 0 Å². The number of nitrogens with zero attached hydrogens (tertiary/aromatic N) is 1. The number of alkyl carbamates (subject to hydrolysis) is 1. The second kappa shape index (κ2) is 8.49. The molecule has 0 radical (unpaired) electrons. The first-order chi connectivity index (χ1) is 15.7. The van der Waals surface area contributed by atoms with Gasteiger partial charge in [-0.05, 0) is 29.2 Å². The third-order valence-corrected chi connectivity index (χ3v) is 6.22. The Morgan fingerprint density at radius 2 is 1.64 bits per heavy atom. The van der Waals surface area contributed by atoms with Gasteiger partial charge in [-0.1, -0.05) is 48.5 Å². The van der Waals surface area contributed by atoms with E-state index in [9.17, 15) is 19.5 Å². The Labute approximate surface area is 190 Å². The van der Waals surface area contributed by atoms with Crippen LogP contribution in [-0.4, -0.2) is 77.6 Å². The number of ether oxygens (including phenoxy) is 2. The van der Waals surface area contributed by atoms with Crippen LogP contribution >= 0.6 is 0 Å². The van der Waals surface area contributed by atoms with Crippen molar-refractivity contribution in [3.63, 3.8) is 0 Å². The predicted octanol–water partition coefficient (Wildman–Crippen LogP) is 1.59. The fourth-order valence-corrected chi connectivity index (χ4v) is 4.51. The molecule has 1 aliphatic carbocycles. The lowest BCUT2D eigenvalue weighted by Gasteiger charge is -2.46. The SMILES string of the molecule is COCC(C)(NC(=O)OCC1c2ccccc2-c2ccccc21)C(=O)N1CC(O)(C(=O)O)C1. The number of carbonyl (C=O) groups is 3. The zero-order valence-corrected chi connectivity index (χ0v) is 18.4. The molecule has 4 rings (SSSR count). The van der Waals surface area contributed by atoms with Crippen LogP contribution in [0.25, 0.3) is 11.1 Å². The zero-order valence-electron chi connectivity index (χ0n) is 18.4. The maximum atomic E-state index is 12.9. The quantitative estimate of drug-likeness (QED) is 0.580. The van der Waals surface area contributed by atoms with Crippen molar-refractivity contribution in [3.8, 4) is 11.1 Å². The summed E-state index contributed by atoms with van der Waals surface area (Å²) in [5.74, 6) is -2.10. The number of benzene rings is 2. The minimum Gasteiger partial charge on any atom is -0.479 e. The summed E-state index contributed by atoms with van der Waals surface area (Å²) in [6.45, 7) is 0.662. The van der Waals surface area contributed by atoms with Crippen LogP contribution in [0.15, 0.2) is 48.5 Å². The van der Waals surface area contributed by atoms with Crippen LogP contribution in [-0.2, 0) is 19.1 Å². The molecule has 0 aromatic heterocycles. The van der Waals surface area contributed by atoms with Gasteiger partial charge in [0.25, 0.3) is 5.91 Å². The highest BCUT2D eigenvalue weighted by atomic mass is 16.5. The molecule has 1 fully saturated rings. The average Bonchev–Trinajstić information content (AvgIpc) is 3.09. The summed E-state index contributed by atoms with van der Waals surface area (Å²) in [6.07, 6.45) is -0.793. The number of rotatable bonds is 7. The van der Waals surface area contributed by atoms with E-state index in [4.69, 9.17) is 14.6 Å². The molecule has 2 amide bonds. The summed E-state index contributed by atoms with van der Waals surface area (Å²) < 4.78 is 10.6. The Kier molecular flexibility index (Phi) is 5.85. The summed E-state index contributed by atoms with van der Waals surface area (Å²) in [6, 6.07) is 15.9. The molecule has 1 heterocycles. The van der Waals surface area contributed by atoms with Crippen LogP contribution in [0, 0.1) is 0 Å². The van der Waals surface area contributed by atoms with Gasteiger partial charge >= 0.3 is 12.1 Å². The largest absolute Gasteiger partial charge is 0.479 e. The molecular weight excluding hydrogens is 428 g/mol. The van der Waals surface area contributed by atoms with Gasteiger partial charge in [0.05, 0.1) is 19.7 Å². The number of carboxylic acids is 1. The Hall–Kier alpha value is -3.43. The number of likely N-dealkylation sites (tertiary alicyclic amines) is 1. The number of nitrogens with one attached hydrogen (secondary N) is 1. The minimum absolute atomic E-state index is 0.0829. The van der Waals surface area contributed by atoms with E-state index in [0.717, 1.165) is 27.2 Å². The van der Waals surface area contributed by atoms with E-state index < -0.39 is 29.1 Å². The lowest BCUT2D eigenvalue weighted by atomic mass is 9.90. The molecule has 0 bridgehead atoms. The fraction of sp³-hybridized carbons (Fsp3) is 0.375. The number of carbonyl (C=O) groups excluding carboxylic acids is 2. The highest BCUT2D eigenvalue weighted by Crippen LogP contribution is 2.44. The maximum Gasteiger partial charge on any atom is 0.408 e. The highest BCUT2D eigenvalue weighted by molar-refractivity contribution is 5.93. The second-order valence-corrected chi connectivity index (χ2v) is 8.71. The molecule has 2 aromatic carbocycles. The number of hydrogen-bond donors (Lipinski definition) is 3. The number of β-amino-alcohol motifs (C(OH)–C–C–N with tert-alkyl or cyclic N) is 1. The van der Waals surface area contributed by atoms with E-state index in [0.29, 0.717) is 0 Å². The van der Waals surface area contributed by atoms with Gasteiger partial charge in [-0.25, -0.2) is 9.59 Å². The van der Waals surface area contributed by atoms with Crippen LogP contribution in [0.3, 0.4) is 0 Å². The van der Waals surface area contributed by atoms with Crippen molar-refractivity contribution in [2.24, 2.45) is 0 Å². The van der Waals surface area contributed by atoms with Crippen molar-refractivity contribution in [3.05, 3.63) is 59.7 Å². The maximum absolute atomic E-state index is 12.9. The number of carboxylic acid groups (broad SMARTS) is 1. The van der Waals surface area contributed by atoms with Gasteiger partial charge in [-0.15, -0.1) is 0 Å². The van der Waals surface area contributed by atoms with E-state index in [-0.39, 0.29) is 32.2 Å². The Morgan fingerprint density at radius 1 is 1.09 bits per heavy atom. The summed E-state index contributed by atoms with van der Waals surface area (Å²) >= 11 is 0. The smallest absolute Gasteiger partial charge is 0.408 e. The Balaban J connectivity index is 1.43. The first kappa shape index (κ1) is 22.8. The Bertz CT molecular complexity index is 1050. The van der Waals surface area contributed by atoms with Crippen LogP contribution in [0.1, 0.15) is 24.0 Å². The fourth-order valence-electron chi connectivity index (χ4n) is 4.51. The standard InChI is InChI=1S/C24H26N2O7/c1-23(14-32-2,20(27)26-12-24(31,13-26)21(28)29)25-22(30)33-11-19-17-9-5-3-7-15(17)16-8-4-6-10-18(16)19/h3-10,19,31H,11-14H2,1-2H3,(H,25,30)(H,28,29). The van der Waals surface area contributed by atoms with Gasteiger partial charge < -0.3 is 29.9 Å². The van der Waals surface area contributed by atoms with Crippen molar-refractivity contribution >= 4 is 18.0 Å². The third kappa shape index (κ3) is 4.05. The number of methoxy groups -OCH3 is 1. The van der Waals surface area contributed by atoms with Crippen molar-refractivity contribution in [2.45, 2.75) is 24.0 Å². The lowest BCUT2D eigenvalue weighted by molar-refractivity contribution is -0.184. The molecule has 2 aliphatic rings. The third-order valence-electron chi connectivity index (χ3n) is 6.22. The molecule has 9 nitrogen and oxygen atoms in total. The van der Waals surface area contributed by atoms with Crippen LogP contribution < -0.4 is 5.32 Å². The molecule has 174 valence electrons. The number of aliphatic hydroxyl groups is 1. The Morgan fingerprint density at radius 3 is 2.15 bits per heavy atom.